The molecule has 3 nitrogen and oxygen atoms in total. The van der Waals surface area contributed by atoms with Gasteiger partial charge in [0.25, 0.3) is 0 Å². The lowest BCUT2D eigenvalue weighted by molar-refractivity contribution is 0.0630. The number of benzene rings is 2. The first-order chi connectivity index (χ1) is 11.1. The minimum absolute atomic E-state index is 0.0929. The van der Waals surface area contributed by atoms with Crippen LogP contribution >= 0.6 is 0 Å². The van der Waals surface area contributed by atoms with E-state index in [0.717, 1.165) is 29.7 Å². The maximum atomic E-state index is 10.9. The molecule has 0 aliphatic heterocycles. The van der Waals surface area contributed by atoms with Crippen LogP contribution in [0.1, 0.15) is 55.1 Å². The Morgan fingerprint density at radius 1 is 1.00 bits per heavy atom. The average Bonchev–Trinajstić information content (AvgIpc) is 2.59. The molecule has 2 aromatic carbocycles. The zero-order valence-electron chi connectivity index (χ0n) is 13.8. The summed E-state index contributed by atoms with van der Waals surface area (Å²) in [6, 6.07) is 15.2. The van der Waals surface area contributed by atoms with Crippen molar-refractivity contribution in [3.63, 3.8) is 0 Å². The lowest BCUT2D eigenvalue weighted by Crippen LogP contribution is -2.01. The average molecular weight is 312 g/mol. The number of unbranched alkanes of at least 4 members (excludes halogenated alkanes) is 2. The molecule has 0 aliphatic rings. The normalized spacial score (nSPS) is 12.1. The van der Waals surface area contributed by atoms with Gasteiger partial charge in [-0.25, -0.2) is 4.79 Å². The molecule has 122 valence electrons. The molecule has 3 heteroatoms. The summed E-state index contributed by atoms with van der Waals surface area (Å²) in [7, 11) is 0. The first kappa shape index (κ1) is 17.2. The van der Waals surface area contributed by atoms with Crippen LogP contribution in [-0.2, 0) is 4.74 Å². The number of hydrogen-bond acceptors (Lipinski definition) is 2. The van der Waals surface area contributed by atoms with Crippen molar-refractivity contribution in [3.8, 4) is 11.1 Å². The minimum atomic E-state index is -0.902. The Hall–Kier alpha value is -2.13. The highest BCUT2D eigenvalue weighted by molar-refractivity contribution is 5.88. The molecule has 0 bridgehead atoms. The molecule has 0 aliphatic carbocycles. The van der Waals surface area contributed by atoms with E-state index >= 15 is 0 Å². The van der Waals surface area contributed by atoms with Gasteiger partial charge in [0, 0.05) is 6.61 Å². The van der Waals surface area contributed by atoms with Gasteiger partial charge in [-0.3, -0.25) is 0 Å². The van der Waals surface area contributed by atoms with Gasteiger partial charge < -0.3 is 9.84 Å². The van der Waals surface area contributed by atoms with E-state index in [2.05, 4.69) is 38.1 Å². The van der Waals surface area contributed by atoms with Crippen molar-refractivity contribution in [3.05, 3.63) is 59.7 Å². The smallest absolute Gasteiger partial charge is 0.335 e. The van der Waals surface area contributed by atoms with Crippen molar-refractivity contribution >= 4 is 5.97 Å². The van der Waals surface area contributed by atoms with Crippen LogP contribution in [0.2, 0.25) is 0 Å². The van der Waals surface area contributed by atoms with Crippen molar-refractivity contribution in [1.29, 1.82) is 0 Å². The Morgan fingerprint density at radius 3 is 2.09 bits per heavy atom. The quantitative estimate of drug-likeness (QED) is 0.671. The van der Waals surface area contributed by atoms with Gasteiger partial charge in [-0.05, 0) is 42.2 Å². The first-order valence-electron chi connectivity index (χ1n) is 8.17. The van der Waals surface area contributed by atoms with Gasteiger partial charge >= 0.3 is 5.97 Å². The zero-order valence-corrected chi connectivity index (χ0v) is 13.8. The third-order valence-corrected chi connectivity index (χ3v) is 3.96. The van der Waals surface area contributed by atoms with E-state index in [9.17, 15) is 4.79 Å². The van der Waals surface area contributed by atoms with E-state index in [0.29, 0.717) is 5.56 Å². The fourth-order valence-electron chi connectivity index (χ4n) is 2.46. The number of carboxylic acids is 1. The van der Waals surface area contributed by atoms with E-state index in [4.69, 9.17) is 9.84 Å². The highest BCUT2D eigenvalue weighted by Crippen LogP contribution is 2.24. The van der Waals surface area contributed by atoms with Crippen LogP contribution in [0, 0.1) is 0 Å². The minimum Gasteiger partial charge on any atom is -0.478 e. The predicted octanol–water partition coefficient (Wildman–Crippen LogP) is 5.32. The summed E-state index contributed by atoms with van der Waals surface area (Å²) >= 11 is 0. The molecule has 0 amide bonds. The Kier molecular flexibility index (Phi) is 6.36. The van der Waals surface area contributed by atoms with Crippen LogP contribution in [0.15, 0.2) is 48.5 Å². The van der Waals surface area contributed by atoms with Crippen LogP contribution in [0.3, 0.4) is 0 Å². The van der Waals surface area contributed by atoms with Gasteiger partial charge in [-0.15, -0.1) is 0 Å². The zero-order chi connectivity index (χ0) is 16.7. The van der Waals surface area contributed by atoms with Crippen molar-refractivity contribution in [2.45, 2.75) is 39.2 Å². The van der Waals surface area contributed by atoms with Crippen LogP contribution in [-0.4, -0.2) is 17.7 Å². The lowest BCUT2D eigenvalue weighted by Gasteiger charge is -2.14. The lowest BCUT2D eigenvalue weighted by atomic mass is 10.0. The molecule has 0 spiro atoms. The molecule has 1 N–H and O–H groups in total. The second-order valence-corrected chi connectivity index (χ2v) is 5.72. The molecule has 0 radical (unpaired) electrons. The predicted molar refractivity (Wildman–Crippen MR) is 92.7 cm³/mol. The molecule has 2 aromatic rings. The van der Waals surface area contributed by atoms with Crippen LogP contribution < -0.4 is 0 Å². The largest absolute Gasteiger partial charge is 0.478 e. The van der Waals surface area contributed by atoms with Crippen molar-refractivity contribution < 1.29 is 14.6 Å². The fourth-order valence-corrected chi connectivity index (χ4v) is 2.46. The standard InChI is InChI=1S/C20H24O3/c1-3-4-5-14-23-15(2)16-6-8-17(9-7-16)18-10-12-19(13-11-18)20(21)22/h6-13,15H,3-5,14H2,1-2H3,(H,21,22)/t15-/m0/s1. The summed E-state index contributed by atoms with van der Waals surface area (Å²) in [5.74, 6) is -0.902. The van der Waals surface area contributed by atoms with E-state index in [1.54, 1.807) is 12.1 Å². The summed E-state index contributed by atoms with van der Waals surface area (Å²) < 4.78 is 5.85. The second-order valence-electron chi connectivity index (χ2n) is 5.72. The summed E-state index contributed by atoms with van der Waals surface area (Å²) in [6.45, 7) is 5.06. The number of rotatable bonds is 8. The Balaban J connectivity index is 1.99. The molecular formula is C20H24O3. The number of aromatic carboxylic acids is 1. The maximum absolute atomic E-state index is 10.9. The molecule has 0 aromatic heterocycles. The molecule has 1 atom stereocenters. The number of carboxylic acid groups (broad SMARTS) is 1. The molecule has 0 saturated heterocycles. The van der Waals surface area contributed by atoms with Gasteiger partial charge in [0.05, 0.1) is 11.7 Å². The fraction of sp³-hybridized carbons (Fsp3) is 0.350. The van der Waals surface area contributed by atoms with Gasteiger partial charge in [0.1, 0.15) is 0 Å². The van der Waals surface area contributed by atoms with Gasteiger partial charge in [-0.1, -0.05) is 56.2 Å². The second kappa shape index (κ2) is 8.49. The Morgan fingerprint density at radius 2 is 1.57 bits per heavy atom. The molecule has 0 saturated carbocycles. The summed E-state index contributed by atoms with van der Waals surface area (Å²) in [5.41, 5.74) is 3.55. The van der Waals surface area contributed by atoms with Crippen LogP contribution in [0.4, 0.5) is 0 Å². The van der Waals surface area contributed by atoms with Gasteiger partial charge in [-0.2, -0.15) is 0 Å². The number of hydrogen-bond donors (Lipinski definition) is 1. The topological polar surface area (TPSA) is 46.5 Å². The van der Waals surface area contributed by atoms with Gasteiger partial charge in [0.2, 0.25) is 0 Å². The number of carbonyl (C=O) groups is 1. The van der Waals surface area contributed by atoms with Crippen LogP contribution in [0.25, 0.3) is 11.1 Å². The van der Waals surface area contributed by atoms with Crippen molar-refractivity contribution in [2.24, 2.45) is 0 Å². The third kappa shape index (κ3) is 4.93. The highest BCUT2D eigenvalue weighted by atomic mass is 16.5. The monoisotopic (exact) mass is 312 g/mol. The molecule has 0 fully saturated rings. The number of ether oxygens (including phenoxy) is 1. The van der Waals surface area contributed by atoms with E-state index in [1.807, 2.05) is 12.1 Å². The van der Waals surface area contributed by atoms with Gasteiger partial charge in [0.15, 0.2) is 0 Å². The van der Waals surface area contributed by atoms with E-state index < -0.39 is 5.97 Å². The molecular weight excluding hydrogens is 288 g/mol. The summed E-state index contributed by atoms with van der Waals surface area (Å²) in [5, 5.41) is 8.93. The summed E-state index contributed by atoms with van der Waals surface area (Å²) in [6.07, 6.45) is 3.61. The first-order valence-corrected chi connectivity index (χ1v) is 8.17. The molecule has 0 unspecified atom stereocenters. The molecule has 0 heterocycles. The van der Waals surface area contributed by atoms with Crippen LogP contribution in [0.5, 0.6) is 0 Å². The molecule has 23 heavy (non-hydrogen) atoms. The van der Waals surface area contributed by atoms with Crippen molar-refractivity contribution in [1.82, 2.24) is 0 Å². The summed E-state index contributed by atoms with van der Waals surface area (Å²) in [4.78, 5) is 10.9. The van der Waals surface area contributed by atoms with E-state index in [-0.39, 0.29) is 6.10 Å². The Bertz CT molecular complexity index is 614. The Labute approximate surface area is 137 Å². The van der Waals surface area contributed by atoms with E-state index in [1.165, 1.54) is 12.8 Å². The van der Waals surface area contributed by atoms with Crippen molar-refractivity contribution in [2.75, 3.05) is 6.61 Å². The third-order valence-electron chi connectivity index (χ3n) is 3.96. The SMILES string of the molecule is CCCCCO[C@@H](C)c1ccc(-c2ccc(C(=O)O)cc2)cc1. The maximum Gasteiger partial charge on any atom is 0.335 e. The highest BCUT2D eigenvalue weighted by Gasteiger charge is 2.07. The molecule has 2 rings (SSSR count).